The van der Waals surface area contributed by atoms with Gasteiger partial charge in [-0.25, -0.2) is 0 Å². The molecule has 0 amide bonds. The Morgan fingerprint density at radius 3 is 3.04 bits per heavy atom. The highest BCUT2D eigenvalue weighted by Crippen LogP contribution is 2.41. The van der Waals surface area contributed by atoms with Gasteiger partial charge >= 0.3 is 5.69 Å². The van der Waals surface area contributed by atoms with Crippen LogP contribution in [0.3, 0.4) is 0 Å². The van der Waals surface area contributed by atoms with Crippen LogP contribution in [-0.2, 0) is 0 Å². The number of nitrogens with zero attached hydrogens (tertiary/aromatic N) is 3. The summed E-state index contributed by atoms with van der Waals surface area (Å²) in [5, 5.41) is 25.6. The first-order valence-corrected chi connectivity index (χ1v) is 7.66. The molecule has 2 aliphatic heterocycles. The Morgan fingerprint density at radius 1 is 1.57 bits per heavy atom. The zero-order valence-corrected chi connectivity index (χ0v) is 13.2. The molecule has 0 bridgehead atoms. The summed E-state index contributed by atoms with van der Waals surface area (Å²) in [6.45, 7) is 3.89. The van der Waals surface area contributed by atoms with Gasteiger partial charge in [0.05, 0.1) is 17.6 Å². The van der Waals surface area contributed by atoms with Crippen molar-refractivity contribution in [2.45, 2.75) is 19.4 Å². The SMILES string of the molecule is CCOc1cc(C2NN=C3CCN(C)CC32)cc([N+](=O)[O-])c1O. The molecule has 0 radical (unpaired) electrons. The van der Waals surface area contributed by atoms with Gasteiger partial charge in [0.1, 0.15) is 0 Å². The Hall–Kier alpha value is -2.35. The molecule has 124 valence electrons. The monoisotopic (exact) mass is 320 g/mol. The summed E-state index contributed by atoms with van der Waals surface area (Å²) in [7, 11) is 2.05. The summed E-state index contributed by atoms with van der Waals surface area (Å²) in [5.41, 5.74) is 4.55. The fraction of sp³-hybridized carbons (Fsp3) is 0.533. The maximum absolute atomic E-state index is 11.2. The zero-order valence-electron chi connectivity index (χ0n) is 13.2. The smallest absolute Gasteiger partial charge is 0.315 e. The number of fused-ring (bicyclic) bond motifs is 1. The average molecular weight is 320 g/mol. The summed E-state index contributed by atoms with van der Waals surface area (Å²) in [6.07, 6.45) is 0.892. The molecule has 8 nitrogen and oxygen atoms in total. The molecule has 1 aromatic rings. The number of nitro benzene ring substituents is 1. The van der Waals surface area contributed by atoms with E-state index >= 15 is 0 Å². The molecule has 2 aliphatic rings. The van der Waals surface area contributed by atoms with Crippen molar-refractivity contribution in [1.29, 1.82) is 0 Å². The zero-order chi connectivity index (χ0) is 16.6. The van der Waals surface area contributed by atoms with Crippen LogP contribution >= 0.6 is 0 Å². The molecule has 8 heteroatoms. The molecule has 2 unspecified atom stereocenters. The van der Waals surface area contributed by atoms with E-state index in [1.807, 2.05) is 0 Å². The summed E-state index contributed by atoms with van der Waals surface area (Å²) >= 11 is 0. The molecule has 1 aromatic carbocycles. The minimum atomic E-state index is -0.592. The fourth-order valence-corrected chi connectivity index (χ4v) is 3.21. The van der Waals surface area contributed by atoms with E-state index in [0.29, 0.717) is 12.2 Å². The molecule has 0 saturated carbocycles. The van der Waals surface area contributed by atoms with Crippen molar-refractivity contribution >= 4 is 11.4 Å². The van der Waals surface area contributed by atoms with E-state index in [0.717, 1.165) is 25.2 Å². The maximum Gasteiger partial charge on any atom is 0.315 e. The molecule has 2 heterocycles. The number of nitro groups is 1. The van der Waals surface area contributed by atoms with Crippen LogP contribution in [-0.4, -0.2) is 47.4 Å². The number of hydrogen-bond acceptors (Lipinski definition) is 7. The van der Waals surface area contributed by atoms with Gasteiger partial charge in [0.2, 0.25) is 5.75 Å². The van der Waals surface area contributed by atoms with Crippen LogP contribution in [0, 0.1) is 16.0 Å². The number of hydrogen-bond donors (Lipinski definition) is 2. The van der Waals surface area contributed by atoms with Crippen LogP contribution in [0.5, 0.6) is 11.5 Å². The van der Waals surface area contributed by atoms with Gasteiger partial charge in [0, 0.05) is 37.2 Å². The largest absolute Gasteiger partial charge is 0.500 e. The van der Waals surface area contributed by atoms with E-state index in [2.05, 4.69) is 22.5 Å². The number of phenols is 1. The van der Waals surface area contributed by atoms with Crippen LogP contribution in [0.2, 0.25) is 0 Å². The van der Waals surface area contributed by atoms with Crippen LogP contribution in [0.15, 0.2) is 17.2 Å². The van der Waals surface area contributed by atoms with Gasteiger partial charge in [-0.3, -0.25) is 10.1 Å². The normalized spacial score (nSPS) is 23.8. The van der Waals surface area contributed by atoms with E-state index in [1.165, 1.54) is 6.07 Å². The topological polar surface area (TPSA) is 100 Å². The third-order valence-corrected chi connectivity index (χ3v) is 4.37. The summed E-state index contributed by atoms with van der Waals surface area (Å²) in [6, 6.07) is 2.92. The quantitative estimate of drug-likeness (QED) is 0.646. The summed E-state index contributed by atoms with van der Waals surface area (Å²) in [4.78, 5) is 12.8. The van der Waals surface area contributed by atoms with Crippen molar-refractivity contribution in [1.82, 2.24) is 10.3 Å². The second kappa shape index (κ2) is 6.04. The predicted molar refractivity (Wildman–Crippen MR) is 84.8 cm³/mol. The Morgan fingerprint density at radius 2 is 2.35 bits per heavy atom. The summed E-state index contributed by atoms with van der Waals surface area (Å²) in [5.74, 6) is -0.121. The van der Waals surface area contributed by atoms with Crippen molar-refractivity contribution in [3.63, 3.8) is 0 Å². The van der Waals surface area contributed by atoms with Gasteiger partial charge in [0.25, 0.3) is 0 Å². The number of rotatable bonds is 4. The highest BCUT2D eigenvalue weighted by molar-refractivity contribution is 5.90. The fourth-order valence-electron chi connectivity index (χ4n) is 3.21. The molecule has 2 N–H and O–H groups in total. The molecule has 0 aliphatic carbocycles. The van der Waals surface area contributed by atoms with Crippen molar-refractivity contribution in [3.05, 3.63) is 27.8 Å². The molecule has 3 rings (SSSR count). The number of nitrogens with one attached hydrogen (secondary N) is 1. The van der Waals surface area contributed by atoms with Gasteiger partial charge in [-0.05, 0) is 25.6 Å². The molecular formula is C15H20N4O4. The van der Waals surface area contributed by atoms with E-state index in [-0.39, 0.29) is 23.4 Å². The van der Waals surface area contributed by atoms with Crippen LogP contribution < -0.4 is 10.2 Å². The second-order valence-electron chi connectivity index (χ2n) is 5.91. The average Bonchev–Trinajstić information content (AvgIpc) is 2.92. The third kappa shape index (κ3) is 2.81. The van der Waals surface area contributed by atoms with Gasteiger partial charge in [-0.15, -0.1) is 0 Å². The molecular weight excluding hydrogens is 300 g/mol. The van der Waals surface area contributed by atoms with Gasteiger partial charge in [-0.2, -0.15) is 5.10 Å². The lowest BCUT2D eigenvalue weighted by molar-refractivity contribution is -0.386. The molecule has 23 heavy (non-hydrogen) atoms. The Labute approximate surface area is 133 Å². The standard InChI is InChI=1S/C15H20N4O4/c1-3-23-13-7-9(6-12(15(13)20)19(21)22)14-10-8-18(2)5-4-11(10)16-17-14/h6-7,10,14,17,20H,3-5,8H2,1-2H3. The number of ether oxygens (including phenoxy) is 1. The Bertz CT molecular complexity index is 661. The predicted octanol–water partition coefficient (Wildman–Crippen LogP) is 1.65. The highest BCUT2D eigenvalue weighted by atomic mass is 16.6. The van der Waals surface area contributed by atoms with E-state index in [9.17, 15) is 15.2 Å². The van der Waals surface area contributed by atoms with Crippen molar-refractivity contribution in [2.75, 3.05) is 26.7 Å². The van der Waals surface area contributed by atoms with E-state index in [1.54, 1.807) is 13.0 Å². The lowest BCUT2D eigenvalue weighted by Crippen LogP contribution is -2.39. The molecule has 2 atom stereocenters. The van der Waals surface area contributed by atoms with Crippen molar-refractivity contribution < 1.29 is 14.8 Å². The van der Waals surface area contributed by atoms with Crippen molar-refractivity contribution in [3.8, 4) is 11.5 Å². The number of likely N-dealkylation sites (tertiary alicyclic amines) is 1. The van der Waals surface area contributed by atoms with Crippen LogP contribution in [0.1, 0.15) is 24.9 Å². The molecule has 0 aromatic heterocycles. The third-order valence-electron chi connectivity index (χ3n) is 4.37. The number of phenolic OH excluding ortho intramolecular Hbond substituents is 1. The molecule has 0 spiro atoms. The number of piperidine rings is 1. The first-order chi connectivity index (χ1) is 11.0. The highest BCUT2D eigenvalue weighted by Gasteiger charge is 2.37. The second-order valence-corrected chi connectivity index (χ2v) is 5.91. The van der Waals surface area contributed by atoms with E-state index < -0.39 is 10.7 Å². The maximum atomic E-state index is 11.2. The first kappa shape index (κ1) is 15.5. The van der Waals surface area contributed by atoms with Crippen LogP contribution in [0.25, 0.3) is 0 Å². The lowest BCUT2D eigenvalue weighted by Gasteiger charge is -2.31. The van der Waals surface area contributed by atoms with Gasteiger partial charge in [-0.1, -0.05) is 0 Å². The minimum Gasteiger partial charge on any atom is -0.500 e. The number of benzene rings is 1. The minimum absolute atomic E-state index is 0.135. The van der Waals surface area contributed by atoms with E-state index in [4.69, 9.17) is 4.74 Å². The van der Waals surface area contributed by atoms with Gasteiger partial charge in [0.15, 0.2) is 5.75 Å². The number of hydrazone groups is 1. The Balaban J connectivity index is 1.98. The molecule has 1 saturated heterocycles. The summed E-state index contributed by atoms with van der Waals surface area (Å²) < 4.78 is 5.35. The Kier molecular flexibility index (Phi) is 4.08. The van der Waals surface area contributed by atoms with Crippen LogP contribution in [0.4, 0.5) is 5.69 Å². The molecule has 1 fully saturated rings. The first-order valence-electron chi connectivity index (χ1n) is 7.66. The van der Waals surface area contributed by atoms with Crippen molar-refractivity contribution in [2.24, 2.45) is 11.0 Å². The number of aromatic hydroxyl groups is 1. The van der Waals surface area contributed by atoms with Gasteiger partial charge < -0.3 is 20.2 Å². The lowest BCUT2D eigenvalue weighted by atomic mass is 9.86.